The van der Waals surface area contributed by atoms with Crippen molar-refractivity contribution in [2.45, 2.75) is 43.8 Å². The summed E-state index contributed by atoms with van der Waals surface area (Å²) in [5, 5.41) is 3.04. The molecular weight excluding hydrogens is 344 g/mol. The predicted molar refractivity (Wildman–Crippen MR) is 93.5 cm³/mol. The number of methoxy groups -OCH3 is 2. The van der Waals surface area contributed by atoms with Crippen LogP contribution < -0.4 is 14.8 Å². The van der Waals surface area contributed by atoms with Crippen molar-refractivity contribution in [1.82, 2.24) is 9.62 Å². The third-order valence-corrected chi connectivity index (χ3v) is 6.40. The average Bonchev–Trinajstić information content (AvgIpc) is 2.86. The number of ether oxygens (including phenoxy) is 2. The summed E-state index contributed by atoms with van der Waals surface area (Å²) in [7, 11) is -0.132. The quantitative estimate of drug-likeness (QED) is 0.849. The number of amides is 1. The van der Waals surface area contributed by atoms with Crippen LogP contribution >= 0.6 is 0 Å². The van der Waals surface area contributed by atoms with Gasteiger partial charge < -0.3 is 14.8 Å². The van der Waals surface area contributed by atoms with Gasteiger partial charge in [0.15, 0.2) is 0 Å². The van der Waals surface area contributed by atoms with Crippen LogP contribution in [0.3, 0.4) is 0 Å². The molecule has 1 aromatic rings. The molecule has 0 aliphatic carbocycles. The average molecular weight is 368 g/mol. The smallest absolute Gasteiger partial charge is 0.255 e. The lowest BCUT2D eigenvalue weighted by atomic mass is 9.99. The van der Waals surface area contributed by atoms with Crippen LogP contribution in [0.1, 0.15) is 36.0 Å². The molecule has 2 atom stereocenters. The van der Waals surface area contributed by atoms with E-state index in [0.29, 0.717) is 29.9 Å². The highest BCUT2D eigenvalue weighted by Crippen LogP contribution is 2.37. The standard InChI is InChI=1S/C17H24N2O5S/c1-23-14-6-7-15(16(10-14)24-2)17(20)18-11-8-12-4-5-13(9-11)19(12)25(3,21)22/h6-7,10-13H,4-5,8-9H2,1-3H3,(H,18,20). The van der Waals surface area contributed by atoms with Crippen molar-refractivity contribution < 1.29 is 22.7 Å². The zero-order valence-corrected chi connectivity index (χ0v) is 15.5. The molecule has 0 radical (unpaired) electrons. The van der Waals surface area contributed by atoms with E-state index >= 15 is 0 Å². The van der Waals surface area contributed by atoms with Gasteiger partial charge in [-0.1, -0.05) is 0 Å². The summed E-state index contributed by atoms with van der Waals surface area (Å²) >= 11 is 0. The van der Waals surface area contributed by atoms with Crippen LogP contribution in [0.25, 0.3) is 0 Å². The van der Waals surface area contributed by atoms with Crippen LogP contribution in [-0.2, 0) is 10.0 Å². The number of nitrogens with one attached hydrogen (secondary N) is 1. The van der Waals surface area contributed by atoms with E-state index in [0.717, 1.165) is 12.8 Å². The largest absolute Gasteiger partial charge is 0.497 e. The molecule has 2 aliphatic rings. The zero-order chi connectivity index (χ0) is 18.2. The summed E-state index contributed by atoms with van der Waals surface area (Å²) < 4.78 is 36.0. The molecule has 2 fully saturated rings. The number of piperidine rings is 1. The summed E-state index contributed by atoms with van der Waals surface area (Å²) in [5.74, 6) is 0.859. The van der Waals surface area contributed by atoms with Crippen LogP contribution in [0.15, 0.2) is 18.2 Å². The van der Waals surface area contributed by atoms with Crippen molar-refractivity contribution in [3.8, 4) is 11.5 Å². The summed E-state index contributed by atoms with van der Waals surface area (Å²) in [6, 6.07) is 4.99. The number of carbonyl (C=O) groups excluding carboxylic acids is 1. The molecule has 0 spiro atoms. The van der Waals surface area contributed by atoms with Gasteiger partial charge in [0.25, 0.3) is 5.91 Å². The lowest BCUT2D eigenvalue weighted by Gasteiger charge is -2.37. The molecule has 25 heavy (non-hydrogen) atoms. The molecule has 7 nitrogen and oxygen atoms in total. The third kappa shape index (κ3) is 3.59. The molecule has 3 rings (SSSR count). The Kier molecular flexibility index (Phi) is 4.92. The fourth-order valence-electron chi connectivity index (χ4n) is 4.04. The molecule has 138 valence electrons. The SMILES string of the molecule is COc1ccc(C(=O)NC2CC3CCC(C2)N3S(C)(=O)=O)c(OC)c1. The Labute approximate surface area is 148 Å². The highest BCUT2D eigenvalue weighted by Gasteiger charge is 2.45. The van der Waals surface area contributed by atoms with Crippen molar-refractivity contribution in [3.05, 3.63) is 23.8 Å². The molecule has 2 bridgehead atoms. The molecular formula is C17H24N2O5S. The first kappa shape index (κ1) is 18.0. The Balaban J connectivity index is 1.71. The lowest BCUT2D eigenvalue weighted by Crippen LogP contribution is -2.52. The van der Waals surface area contributed by atoms with E-state index in [9.17, 15) is 13.2 Å². The van der Waals surface area contributed by atoms with Crippen LogP contribution in [0, 0.1) is 0 Å². The van der Waals surface area contributed by atoms with Gasteiger partial charge in [0.05, 0.1) is 26.0 Å². The van der Waals surface area contributed by atoms with E-state index in [2.05, 4.69) is 5.32 Å². The number of hydrogen-bond donors (Lipinski definition) is 1. The van der Waals surface area contributed by atoms with Crippen LogP contribution in [-0.4, -0.2) is 57.2 Å². The maximum absolute atomic E-state index is 12.6. The van der Waals surface area contributed by atoms with Crippen LogP contribution in [0.5, 0.6) is 11.5 Å². The molecule has 0 aromatic heterocycles. The first-order valence-electron chi connectivity index (χ1n) is 8.35. The number of benzene rings is 1. The van der Waals surface area contributed by atoms with Gasteiger partial charge in [-0.25, -0.2) is 8.42 Å². The molecule has 2 unspecified atom stereocenters. The molecule has 0 saturated carbocycles. The monoisotopic (exact) mass is 368 g/mol. The predicted octanol–water partition coefficient (Wildman–Crippen LogP) is 1.39. The summed E-state index contributed by atoms with van der Waals surface area (Å²) in [5.41, 5.74) is 0.446. The van der Waals surface area contributed by atoms with Crippen LogP contribution in [0.2, 0.25) is 0 Å². The Morgan fingerprint density at radius 1 is 1.16 bits per heavy atom. The van der Waals surface area contributed by atoms with Crippen molar-refractivity contribution in [2.24, 2.45) is 0 Å². The van der Waals surface area contributed by atoms with Crippen LogP contribution in [0.4, 0.5) is 0 Å². The zero-order valence-electron chi connectivity index (χ0n) is 14.7. The first-order chi connectivity index (χ1) is 11.8. The van der Waals surface area contributed by atoms with Crippen molar-refractivity contribution in [2.75, 3.05) is 20.5 Å². The van der Waals surface area contributed by atoms with Crippen molar-refractivity contribution in [3.63, 3.8) is 0 Å². The number of fused-ring (bicyclic) bond motifs is 2. The molecule has 2 aliphatic heterocycles. The van der Waals surface area contributed by atoms with E-state index < -0.39 is 10.0 Å². The third-order valence-electron chi connectivity index (χ3n) is 5.04. The topological polar surface area (TPSA) is 84.9 Å². The normalized spacial score (nSPS) is 26.3. The molecule has 1 aromatic carbocycles. The second-order valence-electron chi connectivity index (χ2n) is 6.69. The highest BCUT2D eigenvalue weighted by atomic mass is 32.2. The Hall–Kier alpha value is -1.80. The number of nitrogens with zero attached hydrogens (tertiary/aromatic N) is 1. The number of sulfonamides is 1. The van der Waals surface area contributed by atoms with E-state index in [1.54, 1.807) is 29.6 Å². The van der Waals surface area contributed by atoms with Gasteiger partial charge in [0.1, 0.15) is 11.5 Å². The minimum atomic E-state index is -3.20. The van der Waals surface area contributed by atoms with Crippen molar-refractivity contribution in [1.29, 1.82) is 0 Å². The van der Waals surface area contributed by atoms with Gasteiger partial charge in [0, 0.05) is 24.2 Å². The number of carbonyl (C=O) groups is 1. The van der Waals surface area contributed by atoms with Gasteiger partial charge >= 0.3 is 0 Å². The van der Waals surface area contributed by atoms with Gasteiger partial charge in [0.2, 0.25) is 10.0 Å². The van der Waals surface area contributed by atoms with Gasteiger partial charge in [-0.2, -0.15) is 4.31 Å². The Morgan fingerprint density at radius 3 is 2.32 bits per heavy atom. The minimum absolute atomic E-state index is 0.0168. The van der Waals surface area contributed by atoms with Gasteiger partial charge in [-0.05, 0) is 37.8 Å². The fourth-order valence-corrected chi connectivity index (χ4v) is 5.51. The molecule has 2 saturated heterocycles. The molecule has 8 heteroatoms. The summed E-state index contributed by atoms with van der Waals surface area (Å²) in [6.45, 7) is 0. The van der Waals surface area contributed by atoms with E-state index in [4.69, 9.17) is 9.47 Å². The van der Waals surface area contributed by atoms with Crippen molar-refractivity contribution >= 4 is 15.9 Å². The summed E-state index contributed by atoms with van der Waals surface area (Å²) in [6.07, 6.45) is 4.27. The van der Waals surface area contributed by atoms with E-state index in [-0.39, 0.29) is 24.0 Å². The minimum Gasteiger partial charge on any atom is -0.497 e. The van der Waals surface area contributed by atoms with Gasteiger partial charge in [-0.15, -0.1) is 0 Å². The maximum atomic E-state index is 12.6. The van der Waals surface area contributed by atoms with E-state index in [1.807, 2.05) is 0 Å². The highest BCUT2D eigenvalue weighted by molar-refractivity contribution is 7.88. The lowest BCUT2D eigenvalue weighted by molar-refractivity contribution is 0.0906. The fraction of sp³-hybridized carbons (Fsp3) is 0.588. The maximum Gasteiger partial charge on any atom is 0.255 e. The van der Waals surface area contributed by atoms with Gasteiger partial charge in [-0.3, -0.25) is 4.79 Å². The first-order valence-corrected chi connectivity index (χ1v) is 10.2. The molecule has 1 amide bonds. The molecule has 2 heterocycles. The Morgan fingerprint density at radius 2 is 1.80 bits per heavy atom. The Bertz CT molecular complexity index is 750. The second kappa shape index (κ2) is 6.84. The summed E-state index contributed by atoms with van der Waals surface area (Å²) in [4.78, 5) is 12.6. The second-order valence-corrected chi connectivity index (χ2v) is 8.57. The van der Waals surface area contributed by atoms with E-state index in [1.165, 1.54) is 13.4 Å². The number of rotatable bonds is 5. The number of hydrogen-bond acceptors (Lipinski definition) is 5. The molecule has 1 N–H and O–H groups in total.